The highest BCUT2D eigenvalue weighted by Gasteiger charge is 2.05. The zero-order chi connectivity index (χ0) is 20.4. The van der Waals surface area contributed by atoms with Gasteiger partial charge < -0.3 is 14.6 Å². The van der Waals surface area contributed by atoms with Crippen LogP contribution in [0.4, 0.5) is 10.1 Å². The first-order chi connectivity index (χ1) is 14.0. The first-order valence-corrected chi connectivity index (χ1v) is 9.20. The van der Waals surface area contributed by atoms with Gasteiger partial charge in [0, 0.05) is 30.7 Å². The summed E-state index contributed by atoms with van der Waals surface area (Å²) in [7, 11) is 4.03. The number of H-pyrrole nitrogens is 1. The summed E-state index contributed by atoms with van der Waals surface area (Å²) in [6, 6.07) is 16.9. The van der Waals surface area contributed by atoms with Crippen LogP contribution >= 0.6 is 0 Å². The molecule has 5 heteroatoms. The van der Waals surface area contributed by atoms with Gasteiger partial charge in [-0.3, -0.25) is 0 Å². The Kier molecular flexibility index (Phi) is 4.92. The minimum Gasteiger partial charge on any atom is -0.457 e. The molecule has 2 aromatic heterocycles. The Morgan fingerprint density at radius 2 is 1.79 bits per heavy atom. The lowest BCUT2D eigenvalue weighted by atomic mass is 10.2. The molecule has 4 aromatic rings. The van der Waals surface area contributed by atoms with Crippen molar-refractivity contribution in [2.75, 3.05) is 19.0 Å². The molecule has 0 fully saturated rings. The number of aryl methyl sites for hydroxylation is 1. The van der Waals surface area contributed by atoms with Crippen molar-refractivity contribution in [1.82, 2.24) is 9.97 Å². The van der Waals surface area contributed by atoms with Crippen molar-refractivity contribution in [2.45, 2.75) is 6.92 Å². The summed E-state index contributed by atoms with van der Waals surface area (Å²) in [6.45, 7) is 2.03. The van der Waals surface area contributed by atoms with Crippen LogP contribution in [0.15, 0.2) is 60.8 Å². The molecular weight excluding hydrogens is 365 g/mol. The highest BCUT2D eigenvalue weighted by Crippen LogP contribution is 2.28. The van der Waals surface area contributed by atoms with Crippen molar-refractivity contribution >= 4 is 16.7 Å². The molecule has 144 valence electrons. The molecule has 0 unspecified atom stereocenters. The maximum absolute atomic E-state index is 13.2. The molecule has 0 aliphatic rings. The molecule has 0 amide bonds. The Morgan fingerprint density at radius 3 is 2.52 bits per heavy atom. The second kappa shape index (κ2) is 7.69. The van der Waals surface area contributed by atoms with E-state index in [1.165, 1.54) is 12.3 Å². The summed E-state index contributed by atoms with van der Waals surface area (Å²) < 4.78 is 19.2. The lowest BCUT2D eigenvalue weighted by Crippen LogP contribution is -2.08. The number of ether oxygens (including phenoxy) is 1. The molecule has 0 aliphatic carbocycles. The number of pyridine rings is 1. The van der Waals surface area contributed by atoms with E-state index in [9.17, 15) is 4.39 Å². The van der Waals surface area contributed by atoms with Gasteiger partial charge in [-0.25, -0.2) is 9.37 Å². The number of benzene rings is 2. The normalized spacial score (nSPS) is 10.5. The standard InChI is InChI=1S/C24H20FN3O/c1-16-12-21(28(2)3)8-11-23(16)29-22-9-5-17(6-10-22)4-7-20-14-18-13-19(25)15-26-24(18)27-20/h5-6,8-15H,1-3H3,(H,26,27). The van der Waals surface area contributed by atoms with Gasteiger partial charge in [0.15, 0.2) is 0 Å². The van der Waals surface area contributed by atoms with Gasteiger partial charge in [0.25, 0.3) is 0 Å². The fraction of sp³-hybridized carbons (Fsp3) is 0.125. The van der Waals surface area contributed by atoms with E-state index in [1.807, 2.05) is 57.4 Å². The maximum atomic E-state index is 13.2. The first-order valence-electron chi connectivity index (χ1n) is 9.20. The first kappa shape index (κ1) is 18.6. The third-order valence-electron chi connectivity index (χ3n) is 4.54. The van der Waals surface area contributed by atoms with Crippen LogP contribution in [0.2, 0.25) is 0 Å². The summed E-state index contributed by atoms with van der Waals surface area (Å²) in [5, 5.41) is 0.703. The molecule has 29 heavy (non-hydrogen) atoms. The van der Waals surface area contributed by atoms with Crippen LogP contribution in [0.25, 0.3) is 11.0 Å². The van der Waals surface area contributed by atoms with Crippen LogP contribution in [0, 0.1) is 24.6 Å². The summed E-state index contributed by atoms with van der Waals surface area (Å²) in [4.78, 5) is 9.15. The molecule has 0 bridgehead atoms. The smallest absolute Gasteiger partial charge is 0.142 e. The number of rotatable bonds is 3. The minimum absolute atomic E-state index is 0.363. The second-order valence-corrected chi connectivity index (χ2v) is 7.00. The van der Waals surface area contributed by atoms with Crippen LogP contribution in [0.1, 0.15) is 16.8 Å². The van der Waals surface area contributed by atoms with Gasteiger partial charge in [-0.05, 0) is 73.0 Å². The summed E-state index contributed by atoms with van der Waals surface area (Å²) >= 11 is 0. The number of aromatic amines is 1. The Balaban J connectivity index is 1.49. The van der Waals surface area contributed by atoms with E-state index in [0.717, 1.165) is 28.3 Å². The molecule has 2 aromatic carbocycles. The fourth-order valence-corrected chi connectivity index (χ4v) is 2.95. The Morgan fingerprint density at radius 1 is 1.00 bits per heavy atom. The number of nitrogens with one attached hydrogen (secondary N) is 1. The molecule has 0 spiro atoms. The number of anilines is 1. The van der Waals surface area contributed by atoms with Crippen LogP contribution in [0.3, 0.4) is 0 Å². The lowest BCUT2D eigenvalue weighted by molar-refractivity contribution is 0.479. The molecule has 0 saturated heterocycles. The predicted molar refractivity (Wildman–Crippen MR) is 114 cm³/mol. The maximum Gasteiger partial charge on any atom is 0.142 e. The SMILES string of the molecule is Cc1cc(N(C)C)ccc1Oc1ccc(C#Cc2cc3cc(F)cnc3[nH]2)cc1. The molecule has 0 radical (unpaired) electrons. The largest absolute Gasteiger partial charge is 0.457 e. The number of hydrogen-bond donors (Lipinski definition) is 1. The quantitative estimate of drug-likeness (QED) is 0.489. The Hall–Kier alpha value is -3.78. The summed E-state index contributed by atoms with van der Waals surface area (Å²) in [5.74, 6) is 7.36. The van der Waals surface area contributed by atoms with E-state index in [4.69, 9.17) is 4.74 Å². The fourth-order valence-electron chi connectivity index (χ4n) is 2.95. The highest BCUT2D eigenvalue weighted by molar-refractivity contribution is 5.77. The molecule has 2 heterocycles. The van der Waals surface area contributed by atoms with E-state index in [-0.39, 0.29) is 5.82 Å². The van der Waals surface area contributed by atoms with Crippen LogP contribution in [-0.4, -0.2) is 24.1 Å². The van der Waals surface area contributed by atoms with Crippen molar-refractivity contribution in [2.24, 2.45) is 0 Å². The number of aromatic nitrogens is 2. The molecule has 0 aliphatic heterocycles. The Bertz CT molecular complexity index is 1230. The molecule has 0 saturated carbocycles. The minimum atomic E-state index is -0.363. The topological polar surface area (TPSA) is 41.1 Å². The number of hydrogen-bond acceptors (Lipinski definition) is 3. The molecular formula is C24H20FN3O. The average molecular weight is 385 g/mol. The van der Waals surface area contributed by atoms with Crippen molar-refractivity contribution in [3.63, 3.8) is 0 Å². The van der Waals surface area contributed by atoms with Gasteiger partial charge in [0.05, 0.1) is 11.9 Å². The highest BCUT2D eigenvalue weighted by atomic mass is 19.1. The predicted octanol–water partition coefficient (Wildman–Crippen LogP) is 5.27. The van der Waals surface area contributed by atoms with Crippen LogP contribution in [0.5, 0.6) is 11.5 Å². The lowest BCUT2D eigenvalue weighted by Gasteiger charge is -2.15. The van der Waals surface area contributed by atoms with Gasteiger partial charge in [-0.2, -0.15) is 0 Å². The van der Waals surface area contributed by atoms with Crippen molar-refractivity contribution in [3.8, 4) is 23.3 Å². The number of halogens is 1. The average Bonchev–Trinajstić information content (AvgIpc) is 3.11. The van der Waals surface area contributed by atoms with Crippen LogP contribution in [-0.2, 0) is 0 Å². The van der Waals surface area contributed by atoms with E-state index < -0.39 is 0 Å². The molecule has 0 atom stereocenters. The zero-order valence-corrected chi connectivity index (χ0v) is 16.5. The Labute approximate surface area is 169 Å². The number of fused-ring (bicyclic) bond motifs is 1. The van der Waals surface area contributed by atoms with Gasteiger partial charge in [0.2, 0.25) is 0 Å². The number of nitrogens with zero attached hydrogens (tertiary/aromatic N) is 2. The molecule has 4 nitrogen and oxygen atoms in total. The van der Waals surface area contributed by atoms with Gasteiger partial charge in [-0.15, -0.1) is 0 Å². The second-order valence-electron chi connectivity index (χ2n) is 7.00. The van der Waals surface area contributed by atoms with Gasteiger partial charge in [-0.1, -0.05) is 5.92 Å². The summed E-state index contributed by atoms with van der Waals surface area (Å²) in [6.07, 6.45) is 1.19. The van der Waals surface area contributed by atoms with Crippen LogP contribution < -0.4 is 9.64 Å². The monoisotopic (exact) mass is 385 g/mol. The van der Waals surface area contributed by atoms with Crippen molar-refractivity contribution in [3.05, 3.63) is 83.4 Å². The van der Waals surface area contributed by atoms with E-state index in [1.54, 1.807) is 6.07 Å². The zero-order valence-electron chi connectivity index (χ0n) is 16.5. The van der Waals surface area contributed by atoms with Crippen molar-refractivity contribution in [1.29, 1.82) is 0 Å². The molecule has 4 rings (SSSR count). The summed E-state index contributed by atoms with van der Waals surface area (Å²) in [5.41, 5.74) is 4.37. The third kappa shape index (κ3) is 4.22. The molecule has 1 N–H and O–H groups in total. The van der Waals surface area contributed by atoms with Crippen molar-refractivity contribution < 1.29 is 9.13 Å². The van der Waals surface area contributed by atoms with E-state index in [2.05, 4.69) is 32.8 Å². The van der Waals surface area contributed by atoms with Gasteiger partial charge in [0.1, 0.15) is 23.0 Å². The van der Waals surface area contributed by atoms with Gasteiger partial charge >= 0.3 is 0 Å². The van der Waals surface area contributed by atoms with E-state index >= 15 is 0 Å². The third-order valence-corrected chi connectivity index (χ3v) is 4.54. The van der Waals surface area contributed by atoms with E-state index in [0.29, 0.717) is 16.7 Å².